The first kappa shape index (κ1) is 12.7. The fraction of sp³-hybridized carbons (Fsp3) is 0.267. The molecule has 0 spiro atoms. The van der Waals surface area contributed by atoms with Gasteiger partial charge in [0.15, 0.2) is 0 Å². The van der Waals surface area contributed by atoms with Gasteiger partial charge in [-0.1, -0.05) is 18.2 Å². The van der Waals surface area contributed by atoms with Crippen LogP contribution < -0.4 is 10.2 Å². The maximum atomic E-state index is 12.6. The third-order valence-electron chi connectivity index (χ3n) is 3.36. The number of hydrogen-bond acceptors (Lipinski definition) is 4. The van der Waals surface area contributed by atoms with Crippen LogP contribution in [0.2, 0.25) is 0 Å². The predicted octanol–water partition coefficient (Wildman–Crippen LogP) is 1.54. The Hall–Kier alpha value is -2.27. The van der Waals surface area contributed by atoms with E-state index >= 15 is 0 Å². The van der Waals surface area contributed by atoms with Gasteiger partial charge in [0, 0.05) is 31.5 Å². The number of nitrogens with zero attached hydrogens (tertiary/aromatic N) is 3. The van der Waals surface area contributed by atoms with Crippen LogP contribution >= 0.6 is 0 Å². The molecule has 2 heterocycles. The van der Waals surface area contributed by atoms with Crippen molar-refractivity contribution in [2.24, 2.45) is 0 Å². The van der Waals surface area contributed by atoms with Crippen LogP contribution in [0.5, 0.6) is 0 Å². The van der Waals surface area contributed by atoms with Crippen molar-refractivity contribution in [2.45, 2.75) is 13.5 Å². The van der Waals surface area contributed by atoms with E-state index in [2.05, 4.69) is 15.3 Å². The van der Waals surface area contributed by atoms with Crippen LogP contribution in [0.25, 0.3) is 0 Å². The van der Waals surface area contributed by atoms with Gasteiger partial charge in [-0.25, -0.2) is 4.98 Å². The van der Waals surface area contributed by atoms with E-state index in [0.717, 1.165) is 30.0 Å². The summed E-state index contributed by atoms with van der Waals surface area (Å²) in [6.07, 6.45) is 3.16. The van der Waals surface area contributed by atoms with Gasteiger partial charge in [0.2, 0.25) is 0 Å². The van der Waals surface area contributed by atoms with E-state index < -0.39 is 0 Å². The van der Waals surface area contributed by atoms with Gasteiger partial charge in [-0.3, -0.25) is 9.78 Å². The Labute approximate surface area is 117 Å². The first-order valence-electron chi connectivity index (χ1n) is 6.65. The van der Waals surface area contributed by atoms with Crippen LogP contribution in [0, 0.1) is 6.92 Å². The fourth-order valence-corrected chi connectivity index (χ4v) is 2.31. The third-order valence-corrected chi connectivity index (χ3v) is 3.36. The van der Waals surface area contributed by atoms with E-state index in [-0.39, 0.29) is 5.91 Å². The number of para-hydroxylation sites is 1. The minimum absolute atomic E-state index is 0.103. The molecule has 0 saturated heterocycles. The van der Waals surface area contributed by atoms with Crippen molar-refractivity contribution >= 4 is 11.6 Å². The molecule has 1 aromatic carbocycles. The maximum absolute atomic E-state index is 12.6. The molecule has 3 rings (SSSR count). The minimum Gasteiger partial charge on any atom is -0.311 e. The highest BCUT2D eigenvalue weighted by Crippen LogP contribution is 2.23. The van der Waals surface area contributed by atoms with Crippen molar-refractivity contribution in [3.8, 4) is 0 Å². The monoisotopic (exact) mass is 268 g/mol. The standard InChI is InChI=1S/C15H16N4O/c1-11-8-18-13(10-17-11)15(20)19-7-6-16-9-12-4-2-3-5-14(12)19/h2-5,8,10,16H,6-7,9H2,1H3. The third kappa shape index (κ3) is 2.40. The van der Waals surface area contributed by atoms with Gasteiger partial charge in [-0.2, -0.15) is 0 Å². The van der Waals surface area contributed by atoms with Crippen LogP contribution in [0.15, 0.2) is 36.7 Å². The van der Waals surface area contributed by atoms with Gasteiger partial charge < -0.3 is 10.2 Å². The zero-order valence-corrected chi connectivity index (χ0v) is 11.3. The predicted molar refractivity (Wildman–Crippen MR) is 76.6 cm³/mol. The smallest absolute Gasteiger partial charge is 0.278 e. The molecule has 0 bridgehead atoms. The van der Waals surface area contributed by atoms with Crippen molar-refractivity contribution in [1.82, 2.24) is 15.3 Å². The molecule has 0 atom stereocenters. The summed E-state index contributed by atoms with van der Waals surface area (Å²) in [7, 11) is 0. The van der Waals surface area contributed by atoms with E-state index in [4.69, 9.17) is 0 Å². The zero-order valence-electron chi connectivity index (χ0n) is 11.3. The van der Waals surface area contributed by atoms with E-state index in [1.165, 1.54) is 0 Å². The molecule has 0 unspecified atom stereocenters. The summed E-state index contributed by atoms with van der Waals surface area (Å²) < 4.78 is 0. The van der Waals surface area contributed by atoms with Crippen LogP contribution in [-0.4, -0.2) is 29.0 Å². The first-order chi connectivity index (χ1) is 9.75. The summed E-state index contributed by atoms with van der Waals surface area (Å²) in [4.78, 5) is 22.7. The number of hydrogen-bond donors (Lipinski definition) is 1. The van der Waals surface area contributed by atoms with Crippen LogP contribution in [0.4, 0.5) is 5.69 Å². The number of benzene rings is 1. The number of anilines is 1. The Morgan fingerprint density at radius 3 is 2.90 bits per heavy atom. The summed E-state index contributed by atoms with van der Waals surface area (Å²) in [5, 5.41) is 3.32. The number of aryl methyl sites for hydroxylation is 1. The number of nitrogens with one attached hydrogen (secondary N) is 1. The van der Waals surface area contributed by atoms with Gasteiger partial charge in [-0.05, 0) is 18.6 Å². The van der Waals surface area contributed by atoms with E-state index in [1.54, 1.807) is 17.3 Å². The average Bonchev–Trinajstić information content (AvgIpc) is 2.69. The highest BCUT2D eigenvalue weighted by Gasteiger charge is 2.22. The number of carbonyl (C=O) groups excluding carboxylic acids is 1. The lowest BCUT2D eigenvalue weighted by atomic mass is 10.1. The highest BCUT2D eigenvalue weighted by atomic mass is 16.2. The molecule has 5 nitrogen and oxygen atoms in total. The maximum Gasteiger partial charge on any atom is 0.278 e. The van der Waals surface area contributed by atoms with Crippen molar-refractivity contribution < 1.29 is 4.79 Å². The lowest BCUT2D eigenvalue weighted by Gasteiger charge is -2.21. The number of rotatable bonds is 1. The molecule has 1 aliphatic rings. The molecule has 0 saturated carbocycles. The van der Waals surface area contributed by atoms with Crippen molar-refractivity contribution in [1.29, 1.82) is 0 Å². The molecular weight excluding hydrogens is 252 g/mol. The second kappa shape index (κ2) is 5.38. The molecule has 2 aromatic rings. The van der Waals surface area contributed by atoms with E-state index in [1.807, 2.05) is 31.2 Å². The van der Waals surface area contributed by atoms with E-state index in [9.17, 15) is 4.79 Å². The molecule has 1 amide bonds. The Morgan fingerprint density at radius 2 is 2.10 bits per heavy atom. The lowest BCUT2D eigenvalue weighted by Crippen LogP contribution is -2.35. The summed E-state index contributed by atoms with van der Waals surface area (Å²) in [6, 6.07) is 7.95. The van der Waals surface area contributed by atoms with Gasteiger partial charge in [0.05, 0.1) is 11.9 Å². The highest BCUT2D eigenvalue weighted by molar-refractivity contribution is 6.05. The second-order valence-corrected chi connectivity index (χ2v) is 4.81. The van der Waals surface area contributed by atoms with Gasteiger partial charge in [0.1, 0.15) is 5.69 Å². The first-order valence-corrected chi connectivity index (χ1v) is 6.65. The molecule has 0 aliphatic carbocycles. The van der Waals surface area contributed by atoms with Gasteiger partial charge >= 0.3 is 0 Å². The van der Waals surface area contributed by atoms with Crippen LogP contribution in [0.1, 0.15) is 21.7 Å². The number of aromatic nitrogens is 2. The van der Waals surface area contributed by atoms with Crippen molar-refractivity contribution in [3.63, 3.8) is 0 Å². The Balaban J connectivity index is 1.97. The zero-order chi connectivity index (χ0) is 13.9. The fourth-order valence-electron chi connectivity index (χ4n) is 2.31. The summed E-state index contributed by atoms with van der Waals surface area (Å²) in [6.45, 7) is 4.02. The molecule has 20 heavy (non-hydrogen) atoms. The summed E-state index contributed by atoms with van der Waals surface area (Å²) in [5.41, 5.74) is 3.26. The normalized spacial score (nSPS) is 14.6. The van der Waals surface area contributed by atoms with Gasteiger partial charge in [0.25, 0.3) is 5.91 Å². The van der Waals surface area contributed by atoms with Crippen LogP contribution in [-0.2, 0) is 6.54 Å². The Kier molecular flexibility index (Phi) is 3.43. The minimum atomic E-state index is -0.103. The molecule has 1 N–H and O–H groups in total. The van der Waals surface area contributed by atoms with E-state index in [0.29, 0.717) is 12.2 Å². The Bertz CT molecular complexity index is 624. The number of fused-ring (bicyclic) bond motifs is 1. The molecule has 0 radical (unpaired) electrons. The number of carbonyl (C=O) groups is 1. The molecule has 1 aliphatic heterocycles. The van der Waals surface area contributed by atoms with Crippen molar-refractivity contribution in [2.75, 3.05) is 18.0 Å². The summed E-state index contributed by atoms with van der Waals surface area (Å²) in [5.74, 6) is -0.103. The molecule has 5 heteroatoms. The summed E-state index contributed by atoms with van der Waals surface area (Å²) >= 11 is 0. The quantitative estimate of drug-likeness (QED) is 0.852. The second-order valence-electron chi connectivity index (χ2n) is 4.81. The van der Waals surface area contributed by atoms with Crippen LogP contribution in [0.3, 0.4) is 0 Å². The van der Waals surface area contributed by atoms with Crippen molar-refractivity contribution in [3.05, 3.63) is 53.6 Å². The lowest BCUT2D eigenvalue weighted by molar-refractivity contribution is 0.0982. The molecule has 102 valence electrons. The molecule has 1 aromatic heterocycles. The molecular formula is C15H16N4O. The number of amides is 1. The van der Waals surface area contributed by atoms with Gasteiger partial charge in [-0.15, -0.1) is 0 Å². The topological polar surface area (TPSA) is 58.1 Å². The Morgan fingerprint density at radius 1 is 1.25 bits per heavy atom. The average molecular weight is 268 g/mol. The SMILES string of the molecule is Cc1cnc(C(=O)N2CCNCc3ccccc32)cn1. The largest absolute Gasteiger partial charge is 0.311 e. The molecule has 0 fully saturated rings.